The Balaban J connectivity index is 1.50. The van der Waals surface area contributed by atoms with Crippen molar-refractivity contribution >= 4 is 16.8 Å². The van der Waals surface area contributed by atoms with Gasteiger partial charge in [0.1, 0.15) is 11.9 Å². The highest BCUT2D eigenvalue weighted by Gasteiger charge is 2.42. The van der Waals surface area contributed by atoms with Crippen molar-refractivity contribution in [3.8, 4) is 28.3 Å². The number of piperidine rings is 1. The SMILES string of the molecule is CC(C)(O)Cn1ccc2cc(-c3ccc(C(=O)N4[C@@H]5CC[C@H]4C[C@@H](N)C5)cc3-c3ccc(C#N)c(F)c3)c(F)c(F)c21. The van der Waals surface area contributed by atoms with Crippen LogP contribution >= 0.6 is 0 Å². The molecule has 0 aliphatic carbocycles. The zero-order valence-corrected chi connectivity index (χ0v) is 23.4. The van der Waals surface area contributed by atoms with E-state index in [9.17, 15) is 19.6 Å². The van der Waals surface area contributed by atoms with E-state index in [1.54, 1.807) is 50.4 Å². The van der Waals surface area contributed by atoms with Crippen LogP contribution in [0.3, 0.4) is 0 Å². The van der Waals surface area contributed by atoms with E-state index in [1.807, 2.05) is 4.90 Å². The van der Waals surface area contributed by atoms with Gasteiger partial charge in [0.25, 0.3) is 5.91 Å². The van der Waals surface area contributed by atoms with Gasteiger partial charge in [-0.1, -0.05) is 12.1 Å². The Morgan fingerprint density at radius 3 is 2.36 bits per heavy atom. The van der Waals surface area contributed by atoms with Crippen LogP contribution in [-0.2, 0) is 6.54 Å². The van der Waals surface area contributed by atoms with Crippen LogP contribution < -0.4 is 5.73 Å². The summed E-state index contributed by atoms with van der Waals surface area (Å²) in [6, 6.07) is 13.9. The molecule has 2 aliphatic heterocycles. The van der Waals surface area contributed by atoms with Gasteiger partial charge in [-0.3, -0.25) is 4.79 Å². The van der Waals surface area contributed by atoms with Crippen molar-refractivity contribution < 1.29 is 23.1 Å². The molecular formula is C33H31F3N4O2. The zero-order valence-electron chi connectivity index (χ0n) is 23.4. The van der Waals surface area contributed by atoms with Gasteiger partial charge in [0.2, 0.25) is 0 Å². The number of rotatable bonds is 5. The molecule has 216 valence electrons. The summed E-state index contributed by atoms with van der Waals surface area (Å²) in [5.41, 5.74) is 6.14. The number of hydrogen-bond donors (Lipinski definition) is 2. The number of benzene rings is 3. The Hall–Kier alpha value is -4.13. The minimum absolute atomic E-state index is 0.0231. The minimum Gasteiger partial charge on any atom is -0.389 e. The highest BCUT2D eigenvalue weighted by molar-refractivity contribution is 5.99. The van der Waals surface area contributed by atoms with Crippen molar-refractivity contribution in [2.75, 3.05) is 0 Å². The molecule has 0 unspecified atom stereocenters. The second-order valence-corrected chi connectivity index (χ2v) is 12.1. The van der Waals surface area contributed by atoms with E-state index in [4.69, 9.17) is 5.73 Å². The second kappa shape index (κ2) is 10.3. The highest BCUT2D eigenvalue weighted by Crippen LogP contribution is 2.40. The summed E-state index contributed by atoms with van der Waals surface area (Å²) in [7, 11) is 0. The monoisotopic (exact) mass is 572 g/mol. The molecule has 2 bridgehead atoms. The molecule has 6 rings (SSSR count). The molecule has 6 nitrogen and oxygen atoms in total. The van der Waals surface area contributed by atoms with Gasteiger partial charge >= 0.3 is 0 Å². The molecule has 1 aromatic heterocycles. The van der Waals surface area contributed by atoms with Gasteiger partial charge in [-0.2, -0.15) is 5.26 Å². The number of nitrogens with zero attached hydrogens (tertiary/aromatic N) is 3. The van der Waals surface area contributed by atoms with Gasteiger partial charge in [-0.25, -0.2) is 13.2 Å². The lowest BCUT2D eigenvalue weighted by Gasteiger charge is -2.38. The van der Waals surface area contributed by atoms with Crippen LogP contribution in [0.4, 0.5) is 13.2 Å². The van der Waals surface area contributed by atoms with Gasteiger partial charge < -0.3 is 20.3 Å². The van der Waals surface area contributed by atoms with Crippen LogP contribution in [0.15, 0.2) is 54.7 Å². The summed E-state index contributed by atoms with van der Waals surface area (Å²) in [6.07, 6.45) is 4.81. The van der Waals surface area contributed by atoms with Crippen LogP contribution in [0.5, 0.6) is 0 Å². The number of aromatic nitrogens is 1. The maximum absolute atomic E-state index is 15.8. The van der Waals surface area contributed by atoms with Crippen LogP contribution in [-0.4, -0.2) is 44.2 Å². The Kier molecular flexibility index (Phi) is 6.87. The molecule has 42 heavy (non-hydrogen) atoms. The van der Waals surface area contributed by atoms with Crippen molar-refractivity contribution in [2.24, 2.45) is 5.73 Å². The number of halogens is 3. The summed E-state index contributed by atoms with van der Waals surface area (Å²) in [5, 5.41) is 19.9. The number of hydrogen-bond acceptors (Lipinski definition) is 4. The first kappa shape index (κ1) is 28.0. The largest absolute Gasteiger partial charge is 0.389 e. The van der Waals surface area contributed by atoms with E-state index in [2.05, 4.69) is 0 Å². The average molecular weight is 573 g/mol. The molecule has 0 saturated carbocycles. The maximum Gasteiger partial charge on any atom is 0.254 e. The summed E-state index contributed by atoms with van der Waals surface area (Å²) in [6.45, 7) is 3.22. The van der Waals surface area contributed by atoms with Crippen molar-refractivity contribution in [1.29, 1.82) is 5.26 Å². The Labute approximate surface area is 241 Å². The molecular weight excluding hydrogens is 541 g/mol. The van der Waals surface area contributed by atoms with Crippen LogP contribution in [0, 0.1) is 28.8 Å². The molecule has 1 amide bonds. The molecule has 0 spiro atoms. The van der Waals surface area contributed by atoms with Crippen molar-refractivity contribution in [1.82, 2.24) is 9.47 Å². The van der Waals surface area contributed by atoms with E-state index in [0.717, 1.165) is 25.7 Å². The lowest BCUT2D eigenvalue weighted by molar-refractivity contribution is 0.0574. The highest BCUT2D eigenvalue weighted by atomic mass is 19.2. The van der Waals surface area contributed by atoms with Crippen molar-refractivity contribution in [2.45, 2.75) is 69.8 Å². The van der Waals surface area contributed by atoms with E-state index in [-0.39, 0.29) is 52.8 Å². The fraction of sp³-hybridized carbons (Fsp3) is 0.333. The standard InChI is InChI=1S/C33H31F3N4O2/c1-33(2,42)17-39-10-9-19-11-27(29(35)30(36)31(19)39)25-8-5-20(12-26(25)18-3-4-21(16-37)28(34)13-18)32(41)40-23-6-7-24(40)15-22(38)14-23/h3-5,8-13,22-24,42H,6-7,14-15,17,38H2,1-2H3/t22-,23+,24-. The minimum atomic E-state index is -1.15. The van der Waals surface area contributed by atoms with Crippen LogP contribution in [0.1, 0.15) is 55.5 Å². The number of fused-ring (bicyclic) bond motifs is 3. The molecule has 4 aromatic rings. The fourth-order valence-corrected chi connectivity index (χ4v) is 6.67. The average Bonchev–Trinajstić information content (AvgIpc) is 3.46. The molecule has 3 heterocycles. The molecule has 3 N–H and O–H groups in total. The molecule has 0 radical (unpaired) electrons. The molecule has 2 aliphatic rings. The van der Waals surface area contributed by atoms with Crippen molar-refractivity contribution in [3.05, 3.63) is 83.3 Å². The number of carbonyl (C=O) groups excluding carboxylic acids is 1. The first-order valence-corrected chi connectivity index (χ1v) is 14.1. The van der Waals surface area contributed by atoms with Crippen molar-refractivity contribution in [3.63, 3.8) is 0 Å². The topological polar surface area (TPSA) is 95.3 Å². The quantitative estimate of drug-likeness (QED) is 0.301. The number of amides is 1. The van der Waals surface area contributed by atoms with E-state index in [1.165, 1.54) is 28.8 Å². The zero-order chi connectivity index (χ0) is 29.9. The van der Waals surface area contributed by atoms with Gasteiger partial charge in [-0.05, 0) is 92.6 Å². The molecule has 3 atom stereocenters. The van der Waals surface area contributed by atoms with Gasteiger partial charge in [0.05, 0.1) is 23.2 Å². The third kappa shape index (κ3) is 4.85. The predicted octanol–water partition coefficient (Wildman–Crippen LogP) is 6.13. The van der Waals surface area contributed by atoms with Crippen LogP contribution in [0.2, 0.25) is 0 Å². The normalized spacial score (nSPS) is 20.2. The van der Waals surface area contributed by atoms with E-state index in [0.29, 0.717) is 22.1 Å². The first-order valence-electron chi connectivity index (χ1n) is 14.1. The van der Waals surface area contributed by atoms with E-state index >= 15 is 8.78 Å². The fourth-order valence-electron chi connectivity index (χ4n) is 6.67. The summed E-state index contributed by atoms with van der Waals surface area (Å²) in [4.78, 5) is 15.7. The van der Waals surface area contributed by atoms with Gasteiger partial charge in [0, 0.05) is 40.8 Å². The predicted molar refractivity (Wildman–Crippen MR) is 154 cm³/mol. The molecule has 3 aromatic carbocycles. The number of carbonyl (C=O) groups is 1. The Bertz CT molecular complexity index is 1750. The number of aliphatic hydroxyl groups is 1. The second-order valence-electron chi connectivity index (χ2n) is 12.1. The number of nitriles is 1. The van der Waals surface area contributed by atoms with E-state index < -0.39 is 23.1 Å². The Morgan fingerprint density at radius 1 is 1.00 bits per heavy atom. The molecule has 9 heteroatoms. The summed E-state index contributed by atoms with van der Waals surface area (Å²) in [5.74, 6) is -3.11. The number of nitrogens with two attached hydrogens (primary N) is 1. The summed E-state index contributed by atoms with van der Waals surface area (Å²) < 4.78 is 47.7. The lowest BCUT2D eigenvalue weighted by Crippen LogP contribution is -2.50. The first-order chi connectivity index (χ1) is 19.9. The van der Waals surface area contributed by atoms with Gasteiger partial charge in [-0.15, -0.1) is 0 Å². The third-order valence-corrected chi connectivity index (χ3v) is 8.45. The van der Waals surface area contributed by atoms with Crippen LogP contribution in [0.25, 0.3) is 33.2 Å². The molecule has 2 fully saturated rings. The van der Waals surface area contributed by atoms with Gasteiger partial charge in [0.15, 0.2) is 11.6 Å². The maximum atomic E-state index is 15.8. The lowest BCUT2D eigenvalue weighted by atomic mass is 9.90. The Morgan fingerprint density at radius 2 is 1.71 bits per heavy atom. The summed E-state index contributed by atoms with van der Waals surface area (Å²) >= 11 is 0. The third-order valence-electron chi connectivity index (χ3n) is 8.45. The molecule has 2 saturated heterocycles. The smallest absolute Gasteiger partial charge is 0.254 e.